The molecule has 2 aliphatic heterocycles. The van der Waals surface area contributed by atoms with Crippen molar-refractivity contribution < 1.29 is 14.3 Å². The minimum absolute atomic E-state index is 0.00657. The predicted molar refractivity (Wildman–Crippen MR) is 70.0 cm³/mol. The van der Waals surface area contributed by atoms with Gasteiger partial charge in [0.2, 0.25) is 5.91 Å². The van der Waals surface area contributed by atoms with Crippen molar-refractivity contribution in [1.82, 2.24) is 20.1 Å². The van der Waals surface area contributed by atoms with Crippen LogP contribution in [-0.4, -0.2) is 58.9 Å². The average molecular weight is 280 g/mol. The zero-order valence-corrected chi connectivity index (χ0v) is 11.7. The first-order valence-electron chi connectivity index (χ1n) is 7.17. The van der Waals surface area contributed by atoms with Gasteiger partial charge in [0, 0.05) is 19.6 Å². The summed E-state index contributed by atoms with van der Waals surface area (Å²) in [6, 6.07) is 0. The van der Waals surface area contributed by atoms with Crippen molar-refractivity contribution in [2.75, 3.05) is 32.9 Å². The molecule has 7 nitrogen and oxygen atoms in total. The Morgan fingerprint density at radius 2 is 2.40 bits per heavy atom. The molecule has 0 spiro atoms. The van der Waals surface area contributed by atoms with Gasteiger partial charge < -0.3 is 14.4 Å². The third kappa shape index (κ3) is 2.69. The number of H-pyrrole nitrogens is 1. The van der Waals surface area contributed by atoms with Gasteiger partial charge in [0.05, 0.1) is 25.7 Å². The van der Waals surface area contributed by atoms with E-state index in [4.69, 9.17) is 9.47 Å². The maximum absolute atomic E-state index is 12.4. The number of nitrogens with one attached hydrogen (secondary N) is 1. The van der Waals surface area contributed by atoms with Gasteiger partial charge in [-0.2, -0.15) is 5.10 Å². The van der Waals surface area contributed by atoms with E-state index in [1.165, 1.54) is 0 Å². The summed E-state index contributed by atoms with van der Waals surface area (Å²) in [5, 5.41) is 7.07. The molecular formula is C13H20N4O3. The molecule has 0 saturated carbocycles. The highest BCUT2D eigenvalue weighted by Gasteiger charge is 2.33. The first-order valence-corrected chi connectivity index (χ1v) is 7.17. The summed E-state index contributed by atoms with van der Waals surface area (Å²) in [5.41, 5.74) is 0. The molecule has 1 N–H and O–H groups in total. The van der Waals surface area contributed by atoms with Crippen LogP contribution < -0.4 is 0 Å². The third-order valence-corrected chi connectivity index (χ3v) is 3.83. The molecule has 20 heavy (non-hydrogen) atoms. The van der Waals surface area contributed by atoms with Crippen LogP contribution in [0.4, 0.5) is 0 Å². The van der Waals surface area contributed by atoms with Crippen molar-refractivity contribution in [3.8, 4) is 0 Å². The molecule has 2 fully saturated rings. The average Bonchev–Trinajstić information content (AvgIpc) is 3.17. The van der Waals surface area contributed by atoms with Gasteiger partial charge >= 0.3 is 0 Å². The topological polar surface area (TPSA) is 80.3 Å². The molecule has 0 aliphatic carbocycles. The fraction of sp³-hybridized carbons (Fsp3) is 0.769. The number of amides is 1. The van der Waals surface area contributed by atoms with Crippen molar-refractivity contribution in [2.45, 2.75) is 25.9 Å². The fourth-order valence-corrected chi connectivity index (χ4v) is 2.61. The summed E-state index contributed by atoms with van der Waals surface area (Å²) in [6.45, 7) is 4.93. The number of aromatic amines is 1. The standard InChI is InChI=1S/C13H20N4O3/c1-2-11-14-12(16-15-11)10-7-17(4-6-20-10)13(18)9-3-5-19-8-9/h9-10H,2-8H2,1H3,(H,14,15,16)/t9-,10+/m1/s1. The second-order valence-corrected chi connectivity index (χ2v) is 5.20. The van der Waals surface area contributed by atoms with Crippen LogP contribution in [0.15, 0.2) is 0 Å². The van der Waals surface area contributed by atoms with Crippen molar-refractivity contribution in [3.63, 3.8) is 0 Å². The summed E-state index contributed by atoms with van der Waals surface area (Å²) in [6.07, 6.45) is 1.40. The number of carbonyl (C=O) groups excluding carboxylic acids is 1. The van der Waals surface area contributed by atoms with Gasteiger partial charge in [0.25, 0.3) is 0 Å². The van der Waals surface area contributed by atoms with Crippen LogP contribution in [-0.2, 0) is 20.7 Å². The van der Waals surface area contributed by atoms with Gasteiger partial charge in [0.15, 0.2) is 5.82 Å². The number of rotatable bonds is 3. The van der Waals surface area contributed by atoms with Gasteiger partial charge in [-0.05, 0) is 6.42 Å². The highest BCUT2D eigenvalue weighted by atomic mass is 16.5. The summed E-state index contributed by atoms with van der Waals surface area (Å²) in [7, 11) is 0. The van der Waals surface area contributed by atoms with Crippen LogP contribution >= 0.6 is 0 Å². The van der Waals surface area contributed by atoms with Crippen molar-refractivity contribution in [2.24, 2.45) is 5.92 Å². The Morgan fingerprint density at radius 3 is 3.10 bits per heavy atom. The van der Waals surface area contributed by atoms with Gasteiger partial charge in [0.1, 0.15) is 11.9 Å². The zero-order chi connectivity index (χ0) is 13.9. The second kappa shape index (κ2) is 5.88. The van der Waals surface area contributed by atoms with E-state index in [2.05, 4.69) is 15.2 Å². The van der Waals surface area contributed by atoms with Gasteiger partial charge in [-0.1, -0.05) is 6.92 Å². The molecule has 0 unspecified atom stereocenters. The van der Waals surface area contributed by atoms with Crippen molar-refractivity contribution in [3.05, 3.63) is 11.6 Å². The minimum atomic E-state index is -0.230. The maximum atomic E-state index is 12.4. The Hall–Kier alpha value is -1.47. The molecule has 3 rings (SSSR count). The Balaban J connectivity index is 1.65. The largest absolute Gasteiger partial charge is 0.381 e. The van der Waals surface area contributed by atoms with Crippen LogP contribution in [0.3, 0.4) is 0 Å². The first-order chi connectivity index (χ1) is 9.78. The lowest BCUT2D eigenvalue weighted by molar-refractivity contribution is -0.143. The number of hydrogen-bond donors (Lipinski definition) is 1. The van der Waals surface area contributed by atoms with Crippen LogP contribution in [0.2, 0.25) is 0 Å². The first kappa shape index (κ1) is 13.5. The number of carbonyl (C=O) groups is 1. The Bertz CT molecular complexity index is 470. The predicted octanol–water partition coefficient (Wildman–Crippen LogP) is 0.304. The number of nitrogens with zero attached hydrogens (tertiary/aromatic N) is 3. The van der Waals surface area contributed by atoms with E-state index in [0.29, 0.717) is 38.7 Å². The molecule has 2 atom stereocenters. The van der Waals surface area contributed by atoms with E-state index < -0.39 is 0 Å². The van der Waals surface area contributed by atoms with E-state index in [-0.39, 0.29) is 17.9 Å². The normalized spacial score (nSPS) is 26.9. The van der Waals surface area contributed by atoms with Gasteiger partial charge in [-0.15, -0.1) is 0 Å². The Labute approximate surface area is 117 Å². The zero-order valence-electron chi connectivity index (χ0n) is 11.7. The quantitative estimate of drug-likeness (QED) is 0.861. The van der Waals surface area contributed by atoms with E-state index in [1.54, 1.807) is 0 Å². The Morgan fingerprint density at radius 1 is 1.50 bits per heavy atom. The highest BCUT2D eigenvalue weighted by molar-refractivity contribution is 5.79. The van der Waals surface area contributed by atoms with Gasteiger partial charge in [-0.25, -0.2) is 4.98 Å². The smallest absolute Gasteiger partial charge is 0.228 e. The van der Waals surface area contributed by atoms with Gasteiger partial charge in [-0.3, -0.25) is 9.89 Å². The van der Waals surface area contributed by atoms with E-state index >= 15 is 0 Å². The minimum Gasteiger partial charge on any atom is -0.381 e. The molecular weight excluding hydrogens is 260 g/mol. The molecule has 0 radical (unpaired) electrons. The molecule has 3 heterocycles. The number of morpholine rings is 1. The van der Waals surface area contributed by atoms with Crippen LogP contribution in [0.25, 0.3) is 0 Å². The SMILES string of the molecule is CCc1nc([C@@H]2CN(C(=O)[C@@H]3CCOC3)CCO2)n[nH]1. The molecule has 7 heteroatoms. The van der Waals surface area contributed by atoms with E-state index in [9.17, 15) is 4.79 Å². The summed E-state index contributed by atoms with van der Waals surface area (Å²) < 4.78 is 11.0. The third-order valence-electron chi connectivity index (χ3n) is 3.83. The fourth-order valence-electron chi connectivity index (χ4n) is 2.61. The molecule has 1 aromatic rings. The molecule has 0 bridgehead atoms. The summed E-state index contributed by atoms with van der Waals surface area (Å²) >= 11 is 0. The lowest BCUT2D eigenvalue weighted by atomic mass is 10.1. The summed E-state index contributed by atoms with van der Waals surface area (Å²) in [4.78, 5) is 18.6. The van der Waals surface area contributed by atoms with Crippen molar-refractivity contribution in [1.29, 1.82) is 0 Å². The molecule has 2 saturated heterocycles. The van der Waals surface area contributed by atoms with Crippen LogP contribution in [0.5, 0.6) is 0 Å². The number of aromatic nitrogens is 3. The van der Waals surface area contributed by atoms with Crippen molar-refractivity contribution >= 4 is 5.91 Å². The number of aryl methyl sites for hydroxylation is 1. The van der Waals surface area contributed by atoms with E-state index in [1.807, 2.05) is 11.8 Å². The maximum Gasteiger partial charge on any atom is 0.228 e. The number of ether oxygens (including phenoxy) is 2. The monoisotopic (exact) mass is 280 g/mol. The molecule has 2 aliphatic rings. The Kier molecular flexibility index (Phi) is 3.98. The van der Waals surface area contributed by atoms with Crippen LogP contribution in [0.1, 0.15) is 31.1 Å². The van der Waals surface area contributed by atoms with E-state index in [0.717, 1.165) is 18.7 Å². The lowest BCUT2D eigenvalue weighted by Gasteiger charge is -2.33. The second-order valence-electron chi connectivity index (χ2n) is 5.20. The number of hydrogen-bond acceptors (Lipinski definition) is 5. The molecule has 1 aromatic heterocycles. The molecule has 110 valence electrons. The molecule has 0 aromatic carbocycles. The van der Waals surface area contributed by atoms with Crippen LogP contribution in [0, 0.1) is 5.92 Å². The highest BCUT2D eigenvalue weighted by Crippen LogP contribution is 2.23. The summed E-state index contributed by atoms with van der Waals surface area (Å²) in [5.74, 6) is 1.66. The molecule has 1 amide bonds. The lowest BCUT2D eigenvalue weighted by Crippen LogP contribution is -2.45.